The van der Waals surface area contributed by atoms with Crippen LogP contribution in [0.5, 0.6) is 0 Å². The molecule has 0 aliphatic carbocycles. The lowest BCUT2D eigenvalue weighted by Crippen LogP contribution is -2.34. The number of rotatable bonds is 4. The zero-order valence-electron chi connectivity index (χ0n) is 15.3. The van der Waals surface area contributed by atoms with Gasteiger partial charge in [-0.05, 0) is 48.0 Å². The molecule has 0 saturated carbocycles. The van der Waals surface area contributed by atoms with Crippen molar-refractivity contribution in [3.63, 3.8) is 0 Å². The lowest BCUT2D eigenvalue weighted by molar-refractivity contribution is -0.151. The van der Waals surface area contributed by atoms with E-state index in [1.54, 1.807) is 12.4 Å². The van der Waals surface area contributed by atoms with E-state index in [2.05, 4.69) is 5.32 Å². The molecule has 0 aromatic carbocycles. The third kappa shape index (κ3) is 6.08. The normalized spacial score (nSPS) is 16.1. The first kappa shape index (κ1) is 19.3. The van der Waals surface area contributed by atoms with Crippen molar-refractivity contribution in [3.05, 3.63) is 23.5 Å². The van der Waals surface area contributed by atoms with Gasteiger partial charge in [-0.1, -0.05) is 13.3 Å². The minimum Gasteiger partial charge on any atom is -0.457 e. The van der Waals surface area contributed by atoms with E-state index in [9.17, 15) is 9.59 Å². The minimum atomic E-state index is -0.581. The summed E-state index contributed by atoms with van der Waals surface area (Å²) in [5.74, 6) is -1.12. The summed E-state index contributed by atoms with van der Waals surface area (Å²) < 4.78 is 10.9. The average Bonchev–Trinajstić information content (AvgIpc) is 2.35. The highest BCUT2D eigenvalue weighted by molar-refractivity contribution is 5.96. The number of carbonyl (C=O) groups is 2. The van der Waals surface area contributed by atoms with Crippen LogP contribution in [0.2, 0.25) is 0 Å². The molecule has 23 heavy (non-hydrogen) atoms. The maximum atomic E-state index is 12.4. The molecule has 1 rings (SSSR count). The molecule has 0 bridgehead atoms. The van der Waals surface area contributed by atoms with Crippen LogP contribution in [0, 0.1) is 5.92 Å². The van der Waals surface area contributed by atoms with Crippen molar-refractivity contribution < 1.29 is 19.1 Å². The molecular weight excluding hydrogens is 294 g/mol. The number of hydrogen-bond acceptors (Lipinski definition) is 5. The average molecular weight is 323 g/mol. The molecule has 0 saturated heterocycles. The Balaban J connectivity index is 3.00. The van der Waals surface area contributed by atoms with Gasteiger partial charge in [0.2, 0.25) is 0 Å². The molecule has 0 amide bonds. The van der Waals surface area contributed by atoms with E-state index in [1.165, 1.54) is 0 Å². The summed E-state index contributed by atoms with van der Waals surface area (Å²) in [6, 6.07) is 0. The summed E-state index contributed by atoms with van der Waals surface area (Å²) >= 11 is 0. The zero-order chi connectivity index (χ0) is 17.8. The summed E-state index contributed by atoms with van der Waals surface area (Å²) in [4.78, 5) is 24.9. The Morgan fingerprint density at radius 2 is 1.35 bits per heavy atom. The molecule has 1 aliphatic heterocycles. The maximum Gasteiger partial charge on any atom is 0.336 e. The Kier molecular flexibility index (Phi) is 6.03. The molecule has 5 nitrogen and oxygen atoms in total. The Labute approximate surface area is 139 Å². The third-order valence-electron chi connectivity index (χ3n) is 3.08. The molecule has 0 spiro atoms. The van der Waals surface area contributed by atoms with Gasteiger partial charge in [-0.25, -0.2) is 9.59 Å². The molecule has 0 fully saturated rings. The maximum absolute atomic E-state index is 12.4. The molecule has 130 valence electrons. The van der Waals surface area contributed by atoms with Crippen LogP contribution in [0.1, 0.15) is 61.3 Å². The Morgan fingerprint density at radius 3 is 1.65 bits per heavy atom. The van der Waals surface area contributed by atoms with Crippen molar-refractivity contribution in [1.82, 2.24) is 5.32 Å². The van der Waals surface area contributed by atoms with E-state index in [0.717, 1.165) is 6.42 Å². The van der Waals surface area contributed by atoms with E-state index in [1.807, 2.05) is 48.5 Å². The summed E-state index contributed by atoms with van der Waals surface area (Å²) in [5.41, 5.74) is -0.237. The molecule has 1 aliphatic rings. The van der Waals surface area contributed by atoms with E-state index >= 15 is 0 Å². The molecule has 0 aromatic rings. The number of dihydropyridines is 1. The fraction of sp³-hybridized carbons (Fsp3) is 0.667. The van der Waals surface area contributed by atoms with Gasteiger partial charge in [0.1, 0.15) is 11.2 Å². The van der Waals surface area contributed by atoms with Crippen molar-refractivity contribution in [2.45, 2.75) is 72.5 Å². The van der Waals surface area contributed by atoms with Crippen molar-refractivity contribution in [2.24, 2.45) is 5.92 Å². The van der Waals surface area contributed by atoms with Gasteiger partial charge in [0.15, 0.2) is 0 Å². The number of ether oxygens (including phenoxy) is 2. The lowest BCUT2D eigenvalue weighted by Gasteiger charge is -2.29. The monoisotopic (exact) mass is 323 g/mol. The highest BCUT2D eigenvalue weighted by atomic mass is 16.6. The first-order chi connectivity index (χ1) is 10.4. The standard InChI is InChI=1S/C18H29NO4/c1-8-9-12-13(15(20)22-17(2,3)4)10-19-11-14(12)16(21)23-18(5,6)7/h10-12,19H,8-9H2,1-7H3. The fourth-order valence-electron chi connectivity index (χ4n) is 2.27. The highest BCUT2D eigenvalue weighted by Crippen LogP contribution is 2.31. The smallest absolute Gasteiger partial charge is 0.336 e. The van der Waals surface area contributed by atoms with Crippen molar-refractivity contribution in [2.75, 3.05) is 0 Å². The number of nitrogens with one attached hydrogen (secondary N) is 1. The Hall–Kier alpha value is -1.78. The zero-order valence-corrected chi connectivity index (χ0v) is 15.3. The second kappa shape index (κ2) is 7.20. The minimum absolute atomic E-state index is 0.314. The van der Waals surface area contributed by atoms with Crippen LogP contribution >= 0.6 is 0 Å². The molecule has 5 heteroatoms. The number of esters is 2. The van der Waals surface area contributed by atoms with Gasteiger partial charge >= 0.3 is 11.9 Å². The van der Waals surface area contributed by atoms with E-state index < -0.39 is 23.1 Å². The number of carbonyl (C=O) groups excluding carboxylic acids is 2. The van der Waals surface area contributed by atoms with Crippen molar-refractivity contribution in [3.8, 4) is 0 Å². The summed E-state index contributed by atoms with van der Waals surface area (Å²) in [5, 5.41) is 2.88. The number of hydrogen-bond donors (Lipinski definition) is 1. The summed E-state index contributed by atoms with van der Waals surface area (Å²) in [6.45, 7) is 12.9. The largest absolute Gasteiger partial charge is 0.457 e. The lowest BCUT2D eigenvalue weighted by atomic mass is 9.86. The molecule has 1 N–H and O–H groups in total. The topological polar surface area (TPSA) is 64.6 Å². The van der Waals surface area contributed by atoms with Crippen LogP contribution in [-0.2, 0) is 19.1 Å². The van der Waals surface area contributed by atoms with E-state index in [-0.39, 0.29) is 5.92 Å². The van der Waals surface area contributed by atoms with Gasteiger partial charge in [0.05, 0.1) is 11.1 Å². The molecular formula is C18H29NO4. The highest BCUT2D eigenvalue weighted by Gasteiger charge is 2.34. The van der Waals surface area contributed by atoms with E-state index in [0.29, 0.717) is 17.6 Å². The van der Waals surface area contributed by atoms with Gasteiger partial charge < -0.3 is 14.8 Å². The second-order valence-corrected chi connectivity index (χ2v) is 7.71. The van der Waals surface area contributed by atoms with E-state index in [4.69, 9.17) is 9.47 Å². The Morgan fingerprint density at radius 1 is 0.957 bits per heavy atom. The van der Waals surface area contributed by atoms with Crippen LogP contribution in [-0.4, -0.2) is 23.1 Å². The fourth-order valence-corrected chi connectivity index (χ4v) is 2.27. The van der Waals surface area contributed by atoms with Crippen molar-refractivity contribution in [1.29, 1.82) is 0 Å². The van der Waals surface area contributed by atoms with Crippen LogP contribution in [0.25, 0.3) is 0 Å². The van der Waals surface area contributed by atoms with Crippen LogP contribution in [0.3, 0.4) is 0 Å². The summed E-state index contributed by atoms with van der Waals surface area (Å²) in [6.07, 6.45) is 4.74. The van der Waals surface area contributed by atoms with Gasteiger partial charge in [-0.2, -0.15) is 0 Å². The SMILES string of the molecule is CCCC1C(C(=O)OC(C)(C)C)=CNC=C1C(=O)OC(C)(C)C. The predicted molar refractivity (Wildman–Crippen MR) is 89.4 cm³/mol. The molecule has 1 heterocycles. The van der Waals surface area contributed by atoms with Crippen LogP contribution in [0.15, 0.2) is 23.5 Å². The van der Waals surface area contributed by atoms with Gasteiger partial charge in [0, 0.05) is 18.3 Å². The summed E-state index contributed by atoms with van der Waals surface area (Å²) in [7, 11) is 0. The second-order valence-electron chi connectivity index (χ2n) is 7.71. The first-order valence-corrected chi connectivity index (χ1v) is 8.07. The quantitative estimate of drug-likeness (QED) is 0.803. The Bertz CT molecular complexity index is 474. The predicted octanol–water partition coefficient (Wildman–Crippen LogP) is 3.46. The van der Waals surface area contributed by atoms with Gasteiger partial charge in [-0.15, -0.1) is 0 Å². The van der Waals surface area contributed by atoms with Gasteiger partial charge in [-0.3, -0.25) is 0 Å². The molecule has 0 aromatic heterocycles. The molecule has 0 radical (unpaired) electrons. The van der Waals surface area contributed by atoms with Gasteiger partial charge in [0.25, 0.3) is 0 Å². The van der Waals surface area contributed by atoms with Crippen LogP contribution < -0.4 is 5.32 Å². The molecule has 0 unspecified atom stereocenters. The van der Waals surface area contributed by atoms with Crippen molar-refractivity contribution >= 4 is 11.9 Å². The third-order valence-corrected chi connectivity index (χ3v) is 3.08. The molecule has 0 atom stereocenters. The first-order valence-electron chi connectivity index (χ1n) is 8.07. The van der Waals surface area contributed by atoms with Crippen LogP contribution in [0.4, 0.5) is 0 Å².